The molecule has 1 heterocycles. The number of nitrogens with zero attached hydrogens (tertiary/aromatic N) is 2. The molecule has 21 heavy (non-hydrogen) atoms. The second-order valence-corrected chi connectivity index (χ2v) is 5.81. The molecule has 0 saturated heterocycles. The van der Waals surface area contributed by atoms with Gasteiger partial charge in [-0.1, -0.05) is 36.9 Å². The molecule has 4 heteroatoms. The SMILES string of the molecule is CCc1ccc2nc(SCc3cccc(C#N)c3)[nH]c2c1. The summed E-state index contributed by atoms with van der Waals surface area (Å²) in [6.45, 7) is 2.15. The van der Waals surface area contributed by atoms with Crippen LogP contribution in [0.25, 0.3) is 11.0 Å². The lowest BCUT2D eigenvalue weighted by atomic mass is 10.1. The molecule has 1 aromatic heterocycles. The molecule has 0 saturated carbocycles. The minimum absolute atomic E-state index is 0.699. The van der Waals surface area contributed by atoms with E-state index < -0.39 is 0 Å². The van der Waals surface area contributed by atoms with Gasteiger partial charge in [-0.25, -0.2) is 4.98 Å². The second kappa shape index (κ2) is 6.02. The molecule has 0 amide bonds. The molecular weight excluding hydrogens is 278 g/mol. The molecular formula is C17H15N3S. The number of rotatable bonds is 4. The first-order valence-corrected chi connectivity index (χ1v) is 7.87. The van der Waals surface area contributed by atoms with Gasteiger partial charge in [0.1, 0.15) is 0 Å². The third-order valence-electron chi connectivity index (χ3n) is 3.36. The summed E-state index contributed by atoms with van der Waals surface area (Å²) in [4.78, 5) is 7.94. The Balaban J connectivity index is 1.77. The average Bonchev–Trinajstić information content (AvgIpc) is 2.95. The molecule has 3 nitrogen and oxygen atoms in total. The summed E-state index contributed by atoms with van der Waals surface area (Å²) in [5.41, 5.74) is 5.23. The van der Waals surface area contributed by atoms with Gasteiger partial charge in [0, 0.05) is 5.75 Å². The third kappa shape index (κ3) is 3.09. The van der Waals surface area contributed by atoms with Crippen LogP contribution in [-0.4, -0.2) is 9.97 Å². The Morgan fingerprint density at radius 2 is 2.10 bits per heavy atom. The van der Waals surface area contributed by atoms with Crippen LogP contribution in [0, 0.1) is 11.3 Å². The fourth-order valence-corrected chi connectivity index (χ4v) is 3.03. The standard InChI is InChI=1S/C17H15N3S/c1-2-12-6-7-15-16(9-12)20-17(19-15)21-11-14-5-3-4-13(8-14)10-18/h3-9H,2,11H2,1H3,(H,19,20). The van der Waals surface area contributed by atoms with Crippen molar-refractivity contribution in [1.29, 1.82) is 5.26 Å². The maximum Gasteiger partial charge on any atom is 0.166 e. The van der Waals surface area contributed by atoms with Crippen molar-refractivity contribution in [2.75, 3.05) is 0 Å². The second-order valence-electron chi connectivity index (χ2n) is 4.85. The maximum atomic E-state index is 8.92. The first kappa shape index (κ1) is 13.7. The molecule has 0 atom stereocenters. The van der Waals surface area contributed by atoms with Gasteiger partial charge in [0.25, 0.3) is 0 Å². The van der Waals surface area contributed by atoms with Crippen molar-refractivity contribution >= 4 is 22.8 Å². The van der Waals surface area contributed by atoms with Crippen LogP contribution >= 0.6 is 11.8 Å². The van der Waals surface area contributed by atoms with Gasteiger partial charge in [0.05, 0.1) is 22.7 Å². The molecule has 0 spiro atoms. The van der Waals surface area contributed by atoms with Crippen molar-refractivity contribution in [3.05, 3.63) is 59.2 Å². The molecule has 1 N–H and O–H groups in total. The summed E-state index contributed by atoms with van der Waals surface area (Å²) in [7, 11) is 0. The Bertz CT molecular complexity index is 814. The summed E-state index contributed by atoms with van der Waals surface area (Å²) >= 11 is 1.66. The summed E-state index contributed by atoms with van der Waals surface area (Å²) in [6, 6.07) is 16.2. The van der Waals surface area contributed by atoms with E-state index in [1.807, 2.05) is 24.3 Å². The van der Waals surface area contributed by atoms with Crippen LogP contribution in [0.2, 0.25) is 0 Å². The monoisotopic (exact) mass is 293 g/mol. The maximum absolute atomic E-state index is 8.92. The van der Waals surface area contributed by atoms with Crippen LogP contribution in [0.15, 0.2) is 47.6 Å². The van der Waals surface area contributed by atoms with E-state index in [1.54, 1.807) is 11.8 Å². The molecule has 0 unspecified atom stereocenters. The zero-order chi connectivity index (χ0) is 14.7. The molecule has 0 aliphatic rings. The highest BCUT2D eigenvalue weighted by Crippen LogP contribution is 2.24. The van der Waals surface area contributed by atoms with Crippen LogP contribution in [0.3, 0.4) is 0 Å². The van der Waals surface area contributed by atoms with Gasteiger partial charge in [-0.3, -0.25) is 0 Å². The van der Waals surface area contributed by atoms with Crippen molar-refractivity contribution in [2.45, 2.75) is 24.3 Å². The number of benzene rings is 2. The van der Waals surface area contributed by atoms with Crippen molar-refractivity contribution in [3.8, 4) is 6.07 Å². The normalized spacial score (nSPS) is 10.7. The minimum Gasteiger partial charge on any atom is -0.333 e. The van der Waals surface area contributed by atoms with Crippen molar-refractivity contribution in [3.63, 3.8) is 0 Å². The number of aromatic amines is 1. The Morgan fingerprint density at radius 1 is 1.19 bits per heavy atom. The first-order valence-electron chi connectivity index (χ1n) is 6.89. The van der Waals surface area contributed by atoms with E-state index in [9.17, 15) is 0 Å². The lowest BCUT2D eigenvalue weighted by molar-refractivity contribution is 1.08. The Hall–Kier alpha value is -2.25. The van der Waals surface area contributed by atoms with Gasteiger partial charge < -0.3 is 4.98 Å². The van der Waals surface area contributed by atoms with Gasteiger partial charge in [-0.2, -0.15) is 5.26 Å². The number of imidazole rings is 1. The number of fused-ring (bicyclic) bond motifs is 1. The van der Waals surface area contributed by atoms with Crippen molar-refractivity contribution in [2.24, 2.45) is 0 Å². The predicted molar refractivity (Wildman–Crippen MR) is 86.2 cm³/mol. The molecule has 104 valence electrons. The quantitative estimate of drug-likeness (QED) is 0.730. The fraction of sp³-hybridized carbons (Fsp3) is 0.176. The molecule has 0 bridgehead atoms. The van der Waals surface area contributed by atoms with E-state index in [2.05, 4.69) is 41.2 Å². The number of nitrogens with one attached hydrogen (secondary N) is 1. The summed E-state index contributed by atoms with van der Waals surface area (Å²) < 4.78 is 0. The average molecular weight is 293 g/mol. The number of H-pyrrole nitrogens is 1. The van der Waals surface area contributed by atoms with Gasteiger partial charge >= 0.3 is 0 Å². The number of hydrogen-bond acceptors (Lipinski definition) is 3. The highest BCUT2D eigenvalue weighted by molar-refractivity contribution is 7.98. The lowest BCUT2D eigenvalue weighted by Crippen LogP contribution is -1.83. The molecule has 0 fully saturated rings. The topological polar surface area (TPSA) is 52.5 Å². The van der Waals surface area contributed by atoms with Gasteiger partial charge in [-0.15, -0.1) is 0 Å². The number of nitriles is 1. The Morgan fingerprint density at radius 3 is 2.90 bits per heavy atom. The molecule has 3 rings (SSSR count). The van der Waals surface area contributed by atoms with Crippen molar-refractivity contribution in [1.82, 2.24) is 9.97 Å². The first-order chi connectivity index (χ1) is 10.3. The van der Waals surface area contributed by atoms with E-state index >= 15 is 0 Å². The highest BCUT2D eigenvalue weighted by atomic mass is 32.2. The molecule has 2 aromatic carbocycles. The number of hydrogen-bond donors (Lipinski definition) is 1. The van der Waals surface area contributed by atoms with E-state index in [0.717, 1.165) is 33.9 Å². The highest BCUT2D eigenvalue weighted by Gasteiger charge is 2.05. The molecule has 0 aliphatic carbocycles. The van der Waals surface area contributed by atoms with Crippen LogP contribution < -0.4 is 0 Å². The van der Waals surface area contributed by atoms with Gasteiger partial charge in [-0.05, 0) is 41.8 Å². The number of aryl methyl sites for hydroxylation is 1. The smallest absolute Gasteiger partial charge is 0.166 e. The van der Waals surface area contributed by atoms with Crippen LogP contribution in [0.5, 0.6) is 0 Å². The summed E-state index contributed by atoms with van der Waals surface area (Å²) in [6.07, 6.45) is 1.03. The van der Waals surface area contributed by atoms with Crippen LogP contribution in [0.1, 0.15) is 23.6 Å². The summed E-state index contributed by atoms with van der Waals surface area (Å²) in [5.74, 6) is 0.802. The van der Waals surface area contributed by atoms with E-state index in [4.69, 9.17) is 5.26 Å². The zero-order valence-electron chi connectivity index (χ0n) is 11.8. The minimum atomic E-state index is 0.699. The number of aromatic nitrogens is 2. The zero-order valence-corrected chi connectivity index (χ0v) is 12.6. The van der Waals surface area contributed by atoms with Gasteiger partial charge in [0.2, 0.25) is 0 Å². The van der Waals surface area contributed by atoms with Crippen LogP contribution in [-0.2, 0) is 12.2 Å². The lowest BCUT2D eigenvalue weighted by Gasteiger charge is -1.99. The fourth-order valence-electron chi connectivity index (χ4n) is 2.20. The Labute approximate surface area is 128 Å². The van der Waals surface area contributed by atoms with E-state index in [1.165, 1.54) is 5.56 Å². The van der Waals surface area contributed by atoms with Crippen molar-refractivity contribution < 1.29 is 0 Å². The molecule has 3 aromatic rings. The molecule has 0 radical (unpaired) electrons. The predicted octanol–water partition coefficient (Wildman–Crippen LogP) is 4.29. The molecule has 0 aliphatic heterocycles. The van der Waals surface area contributed by atoms with Crippen LogP contribution in [0.4, 0.5) is 0 Å². The largest absolute Gasteiger partial charge is 0.333 e. The van der Waals surface area contributed by atoms with E-state index in [0.29, 0.717) is 5.56 Å². The van der Waals surface area contributed by atoms with Gasteiger partial charge in [0.15, 0.2) is 5.16 Å². The number of thioether (sulfide) groups is 1. The summed E-state index contributed by atoms with van der Waals surface area (Å²) in [5, 5.41) is 9.83. The third-order valence-corrected chi connectivity index (χ3v) is 4.31. The van der Waals surface area contributed by atoms with E-state index in [-0.39, 0.29) is 0 Å². The Kier molecular flexibility index (Phi) is 3.94.